The van der Waals surface area contributed by atoms with E-state index in [-0.39, 0.29) is 22.3 Å². The Balaban J connectivity index is 2.17. The summed E-state index contributed by atoms with van der Waals surface area (Å²) in [6.45, 7) is 0.168. The molecule has 0 bridgehead atoms. The van der Waals surface area contributed by atoms with Gasteiger partial charge in [-0.3, -0.25) is 0 Å². The third kappa shape index (κ3) is 4.02. The molecule has 0 amide bonds. The van der Waals surface area contributed by atoms with Gasteiger partial charge < -0.3 is 5.32 Å². The smallest absolute Gasteiger partial charge is 0.380 e. The Labute approximate surface area is 128 Å². The molecule has 0 saturated carbocycles. The van der Waals surface area contributed by atoms with Gasteiger partial charge in [0.25, 0.3) is 0 Å². The summed E-state index contributed by atoms with van der Waals surface area (Å²) in [6.07, 6.45) is -4.44. The van der Waals surface area contributed by atoms with Gasteiger partial charge in [-0.25, -0.2) is 4.39 Å². The van der Waals surface area contributed by atoms with Crippen molar-refractivity contribution in [2.75, 3.05) is 5.32 Å². The molecule has 0 radical (unpaired) electrons. The van der Waals surface area contributed by atoms with Crippen LogP contribution in [0.1, 0.15) is 11.1 Å². The molecule has 0 fully saturated rings. The van der Waals surface area contributed by atoms with Crippen LogP contribution >= 0.6 is 23.2 Å². The normalized spacial score (nSPS) is 11.5. The van der Waals surface area contributed by atoms with Gasteiger partial charge in [-0.1, -0.05) is 29.3 Å². The van der Waals surface area contributed by atoms with Crippen LogP contribution in [-0.2, 0) is 12.7 Å². The standard InChI is InChI=1S/C14H9Cl2F4N/c15-10-3-2-9(14(18,19)20)6-13(10)21-7-8-1-4-12(17)11(16)5-8/h1-6,21H,7H2. The van der Waals surface area contributed by atoms with E-state index < -0.39 is 17.6 Å². The predicted octanol–water partition coefficient (Wildman–Crippen LogP) is 5.76. The van der Waals surface area contributed by atoms with Crippen LogP contribution in [0.4, 0.5) is 23.2 Å². The van der Waals surface area contributed by atoms with E-state index in [0.717, 1.165) is 12.1 Å². The van der Waals surface area contributed by atoms with Gasteiger partial charge in [0.05, 0.1) is 21.3 Å². The largest absolute Gasteiger partial charge is 0.416 e. The zero-order chi connectivity index (χ0) is 15.6. The first kappa shape index (κ1) is 15.9. The molecule has 0 spiro atoms. The van der Waals surface area contributed by atoms with Crippen LogP contribution < -0.4 is 5.32 Å². The fourth-order valence-electron chi connectivity index (χ4n) is 1.68. The van der Waals surface area contributed by atoms with Gasteiger partial charge in [-0.2, -0.15) is 13.2 Å². The van der Waals surface area contributed by atoms with Gasteiger partial charge in [0.15, 0.2) is 0 Å². The van der Waals surface area contributed by atoms with E-state index in [1.807, 2.05) is 0 Å². The fraction of sp³-hybridized carbons (Fsp3) is 0.143. The third-order valence-electron chi connectivity index (χ3n) is 2.76. The molecule has 112 valence electrons. The summed E-state index contributed by atoms with van der Waals surface area (Å²) < 4.78 is 50.9. The molecule has 0 saturated heterocycles. The first-order valence-corrected chi connectivity index (χ1v) is 6.57. The second kappa shape index (κ2) is 6.12. The van der Waals surface area contributed by atoms with Gasteiger partial charge in [-0.15, -0.1) is 0 Å². The summed E-state index contributed by atoms with van der Waals surface area (Å²) >= 11 is 11.5. The van der Waals surface area contributed by atoms with Crippen LogP contribution in [0.2, 0.25) is 10.0 Å². The van der Waals surface area contributed by atoms with Crippen molar-refractivity contribution in [2.24, 2.45) is 0 Å². The number of rotatable bonds is 3. The first-order valence-electron chi connectivity index (χ1n) is 5.82. The van der Waals surface area contributed by atoms with E-state index in [1.54, 1.807) is 0 Å². The molecule has 21 heavy (non-hydrogen) atoms. The minimum Gasteiger partial charge on any atom is -0.380 e. The van der Waals surface area contributed by atoms with Crippen LogP contribution in [0.3, 0.4) is 0 Å². The van der Waals surface area contributed by atoms with E-state index in [1.165, 1.54) is 24.3 Å². The average molecular weight is 338 g/mol. The Morgan fingerprint density at radius 3 is 2.29 bits per heavy atom. The van der Waals surface area contributed by atoms with Crippen LogP contribution in [-0.4, -0.2) is 0 Å². The first-order chi connectivity index (χ1) is 9.77. The van der Waals surface area contributed by atoms with E-state index in [0.29, 0.717) is 5.56 Å². The lowest BCUT2D eigenvalue weighted by Gasteiger charge is -2.12. The molecule has 0 unspecified atom stereocenters. The summed E-state index contributed by atoms with van der Waals surface area (Å²) in [6, 6.07) is 7.06. The number of benzene rings is 2. The average Bonchev–Trinajstić information content (AvgIpc) is 2.40. The van der Waals surface area contributed by atoms with Crippen LogP contribution in [0.15, 0.2) is 36.4 Å². The van der Waals surface area contributed by atoms with Crippen LogP contribution in [0.25, 0.3) is 0 Å². The fourth-order valence-corrected chi connectivity index (χ4v) is 2.07. The Bertz CT molecular complexity index is 656. The number of hydrogen-bond acceptors (Lipinski definition) is 1. The van der Waals surface area contributed by atoms with Gasteiger partial charge in [0.1, 0.15) is 5.82 Å². The summed E-state index contributed by atoms with van der Waals surface area (Å²) in [7, 11) is 0. The van der Waals surface area contributed by atoms with Crippen molar-refractivity contribution in [3.05, 3.63) is 63.4 Å². The van der Waals surface area contributed by atoms with Crippen LogP contribution in [0, 0.1) is 5.82 Å². The van der Waals surface area contributed by atoms with E-state index in [9.17, 15) is 17.6 Å². The molecular weight excluding hydrogens is 329 g/mol. The topological polar surface area (TPSA) is 12.0 Å². The molecule has 0 heterocycles. The lowest BCUT2D eigenvalue weighted by atomic mass is 10.1. The third-order valence-corrected chi connectivity index (χ3v) is 3.38. The molecule has 0 aliphatic carbocycles. The molecule has 0 aromatic heterocycles. The summed E-state index contributed by atoms with van der Waals surface area (Å²) in [5.74, 6) is -0.558. The lowest BCUT2D eigenvalue weighted by molar-refractivity contribution is -0.137. The second-order valence-electron chi connectivity index (χ2n) is 4.29. The van der Waals surface area contributed by atoms with Gasteiger partial charge in [-0.05, 0) is 35.9 Å². The molecule has 1 nitrogen and oxygen atoms in total. The Morgan fingerprint density at radius 2 is 1.67 bits per heavy atom. The number of hydrogen-bond donors (Lipinski definition) is 1. The second-order valence-corrected chi connectivity index (χ2v) is 5.11. The maximum atomic E-state index is 13.0. The molecular formula is C14H9Cl2F4N. The van der Waals surface area contributed by atoms with Crippen molar-refractivity contribution < 1.29 is 17.6 Å². The van der Waals surface area contributed by atoms with Crippen molar-refractivity contribution in [3.63, 3.8) is 0 Å². The molecule has 2 aromatic rings. The van der Waals surface area contributed by atoms with Crippen molar-refractivity contribution in [2.45, 2.75) is 12.7 Å². The number of halogens is 6. The van der Waals surface area contributed by atoms with Crippen molar-refractivity contribution >= 4 is 28.9 Å². The Morgan fingerprint density at radius 1 is 0.952 bits per heavy atom. The highest BCUT2D eigenvalue weighted by atomic mass is 35.5. The van der Waals surface area contributed by atoms with E-state index in [4.69, 9.17) is 23.2 Å². The number of anilines is 1. The SMILES string of the molecule is Fc1ccc(CNc2cc(C(F)(F)F)ccc2Cl)cc1Cl. The predicted molar refractivity (Wildman–Crippen MR) is 75.2 cm³/mol. The highest BCUT2D eigenvalue weighted by molar-refractivity contribution is 6.33. The van der Waals surface area contributed by atoms with Gasteiger partial charge >= 0.3 is 6.18 Å². The van der Waals surface area contributed by atoms with Crippen molar-refractivity contribution in [1.29, 1.82) is 0 Å². The van der Waals surface area contributed by atoms with E-state index >= 15 is 0 Å². The number of alkyl halides is 3. The minimum atomic E-state index is -4.44. The lowest BCUT2D eigenvalue weighted by Crippen LogP contribution is -2.07. The Kier molecular flexibility index (Phi) is 4.64. The summed E-state index contributed by atoms with van der Waals surface area (Å²) in [4.78, 5) is 0. The zero-order valence-electron chi connectivity index (χ0n) is 10.4. The molecule has 2 rings (SSSR count). The summed E-state index contributed by atoms with van der Waals surface area (Å²) in [5, 5.41) is 2.89. The quantitative estimate of drug-likeness (QED) is 0.701. The molecule has 0 aliphatic heterocycles. The zero-order valence-corrected chi connectivity index (χ0v) is 12.0. The monoisotopic (exact) mass is 337 g/mol. The molecule has 1 N–H and O–H groups in total. The van der Waals surface area contributed by atoms with Gasteiger partial charge in [0.2, 0.25) is 0 Å². The number of nitrogens with one attached hydrogen (secondary N) is 1. The molecule has 0 aliphatic rings. The van der Waals surface area contributed by atoms with E-state index in [2.05, 4.69) is 5.32 Å². The van der Waals surface area contributed by atoms with Crippen molar-refractivity contribution in [1.82, 2.24) is 0 Å². The van der Waals surface area contributed by atoms with Crippen LogP contribution in [0.5, 0.6) is 0 Å². The Hall–Kier alpha value is -1.46. The molecule has 0 atom stereocenters. The minimum absolute atomic E-state index is 0.0514. The maximum Gasteiger partial charge on any atom is 0.416 e. The highest BCUT2D eigenvalue weighted by Crippen LogP contribution is 2.34. The van der Waals surface area contributed by atoms with Gasteiger partial charge in [0, 0.05) is 6.54 Å². The molecule has 7 heteroatoms. The maximum absolute atomic E-state index is 13.0. The summed E-state index contributed by atoms with van der Waals surface area (Å²) in [5.41, 5.74) is -0.0339. The molecule has 2 aromatic carbocycles. The highest BCUT2D eigenvalue weighted by Gasteiger charge is 2.30. The van der Waals surface area contributed by atoms with Crippen molar-refractivity contribution in [3.8, 4) is 0 Å².